The molecule has 1 heterocycles. The van der Waals surface area contributed by atoms with Crippen molar-refractivity contribution >= 4 is 11.9 Å². The van der Waals surface area contributed by atoms with E-state index in [4.69, 9.17) is 4.42 Å². The molecule has 1 amide bonds. The molecule has 0 saturated carbocycles. The number of nitrogens with one attached hydrogen (secondary N) is 1. The van der Waals surface area contributed by atoms with Gasteiger partial charge in [0.2, 0.25) is 11.7 Å². The molecule has 0 aliphatic rings. The van der Waals surface area contributed by atoms with E-state index in [0.29, 0.717) is 24.4 Å². The van der Waals surface area contributed by atoms with E-state index in [-0.39, 0.29) is 12.3 Å². The Bertz CT molecular complexity index is 718. The summed E-state index contributed by atoms with van der Waals surface area (Å²) in [6.07, 6.45) is 0.869. The van der Waals surface area contributed by atoms with E-state index in [0.717, 1.165) is 5.56 Å². The Morgan fingerprint density at radius 1 is 1.21 bits per heavy atom. The average Bonchev–Trinajstić information content (AvgIpc) is 2.98. The summed E-state index contributed by atoms with van der Waals surface area (Å²) in [7, 11) is 0. The summed E-state index contributed by atoms with van der Waals surface area (Å²) in [5, 5.41) is 12.1. The molecule has 0 aliphatic carbocycles. The number of hydrogen-bond donors (Lipinski definition) is 2. The molecule has 6 nitrogen and oxygen atoms in total. The van der Waals surface area contributed by atoms with Crippen LogP contribution in [0.15, 0.2) is 34.7 Å². The Labute approximate surface area is 140 Å². The molecule has 1 aromatic heterocycles. The smallest absolute Gasteiger partial charge is 0.311 e. The summed E-state index contributed by atoms with van der Waals surface area (Å²) < 4.78 is 5.58. The van der Waals surface area contributed by atoms with E-state index in [1.807, 2.05) is 30.3 Å². The van der Waals surface area contributed by atoms with Crippen LogP contribution in [0.25, 0.3) is 11.5 Å². The molecular formula is C18H22N2O4. The van der Waals surface area contributed by atoms with E-state index in [1.165, 1.54) is 0 Å². The Balaban J connectivity index is 2.16. The lowest BCUT2D eigenvalue weighted by Crippen LogP contribution is -2.42. The Morgan fingerprint density at radius 2 is 1.83 bits per heavy atom. The number of carboxylic acid groups (broad SMARTS) is 1. The Morgan fingerprint density at radius 3 is 2.38 bits per heavy atom. The van der Waals surface area contributed by atoms with Crippen LogP contribution >= 0.6 is 0 Å². The largest absolute Gasteiger partial charge is 0.481 e. The van der Waals surface area contributed by atoms with Gasteiger partial charge in [-0.25, -0.2) is 4.98 Å². The summed E-state index contributed by atoms with van der Waals surface area (Å²) in [6, 6.07) is 9.29. The quantitative estimate of drug-likeness (QED) is 0.813. The van der Waals surface area contributed by atoms with Crippen molar-refractivity contribution in [1.82, 2.24) is 10.3 Å². The maximum atomic E-state index is 12.4. The number of carbonyl (C=O) groups excluding carboxylic acids is 1. The average molecular weight is 330 g/mol. The fraction of sp³-hybridized carbons (Fsp3) is 0.389. The topological polar surface area (TPSA) is 92.4 Å². The van der Waals surface area contributed by atoms with Gasteiger partial charge in [-0.1, -0.05) is 32.0 Å². The third kappa shape index (κ3) is 3.48. The van der Waals surface area contributed by atoms with E-state index in [2.05, 4.69) is 10.3 Å². The third-order valence-electron chi connectivity index (χ3n) is 4.42. The van der Waals surface area contributed by atoms with Crippen LogP contribution in [0.1, 0.15) is 42.9 Å². The van der Waals surface area contributed by atoms with Crippen molar-refractivity contribution in [3.8, 4) is 11.5 Å². The highest BCUT2D eigenvalue weighted by molar-refractivity contribution is 5.93. The van der Waals surface area contributed by atoms with Crippen LogP contribution < -0.4 is 5.32 Å². The number of carboxylic acids is 1. The van der Waals surface area contributed by atoms with Crippen LogP contribution in [0.3, 0.4) is 0 Å². The zero-order valence-corrected chi connectivity index (χ0v) is 14.1. The molecule has 0 unspecified atom stereocenters. The maximum Gasteiger partial charge on any atom is 0.311 e. The molecule has 0 aliphatic heterocycles. The second kappa shape index (κ2) is 7.29. The monoisotopic (exact) mass is 330 g/mol. The van der Waals surface area contributed by atoms with Crippen molar-refractivity contribution in [2.75, 3.05) is 6.54 Å². The minimum Gasteiger partial charge on any atom is -0.481 e. The van der Waals surface area contributed by atoms with E-state index >= 15 is 0 Å². The van der Waals surface area contributed by atoms with E-state index < -0.39 is 17.3 Å². The van der Waals surface area contributed by atoms with Crippen molar-refractivity contribution in [2.45, 2.75) is 33.6 Å². The van der Waals surface area contributed by atoms with Gasteiger partial charge in [0.05, 0.1) is 11.1 Å². The highest BCUT2D eigenvalue weighted by Gasteiger charge is 2.35. The number of hydrogen-bond acceptors (Lipinski definition) is 4. The molecule has 0 fully saturated rings. The minimum absolute atomic E-state index is 0.0506. The number of rotatable bonds is 7. The van der Waals surface area contributed by atoms with Gasteiger partial charge in [0.25, 0.3) is 5.91 Å². The molecule has 0 bridgehead atoms. The zero-order valence-electron chi connectivity index (χ0n) is 14.1. The van der Waals surface area contributed by atoms with Crippen LogP contribution in [0.4, 0.5) is 0 Å². The van der Waals surface area contributed by atoms with Crippen molar-refractivity contribution in [1.29, 1.82) is 0 Å². The summed E-state index contributed by atoms with van der Waals surface area (Å²) in [5.74, 6) is -0.879. The molecule has 128 valence electrons. The third-order valence-corrected chi connectivity index (χ3v) is 4.42. The van der Waals surface area contributed by atoms with E-state index in [9.17, 15) is 14.7 Å². The summed E-state index contributed by atoms with van der Waals surface area (Å²) in [5.41, 5.74) is 0.285. The highest BCUT2D eigenvalue weighted by atomic mass is 16.4. The molecular weight excluding hydrogens is 308 g/mol. The number of amides is 1. The first kappa shape index (κ1) is 17.7. The number of aryl methyl sites for hydroxylation is 1. The first-order chi connectivity index (χ1) is 11.4. The number of oxazole rings is 1. The fourth-order valence-electron chi connectivity index (χ4n) is 2.52. The van der Waals surface area contributed by atoms with Crippen LogP contribution in [-0.4, -0.2) is 28.5 Å². The Kier molecular flexibility index (Phi) is 5.39. The molecule has 24 heavy (non-hydrogen) atoms. The van der Waals surface area contributed by atoms with Crippen molar-refractivity contribution in [3.63, 3.8) is 0 Å². The van der Waals surface area contributed by atoms with Crippen LogP contribution in [-0.2, 0) is 4.79 Å². The van der Waals surface area contributed by atoms with Gasteiger partial charge in [0, 0.05) is 12.1 Å². The number of nitrogens with zero attached hydrogens (tertiary/aromatic N) is 1. The summed E-state index contributed by atoms with van der Waals surface area (Å²) in [6.45, 7) is 5.35. The fourth-order valence-corrected chi connectivity index (χ4v) is 2.52. The highest BCUT2D eigenvalue weighted by Crippen LogP contribution is 2.26. The first-order valence-corrected chi connectivity index (χ1v) is 7.98. The van der Waals surface area contributed by atoms with Gasteiger partial charge < -0.3 is 14.8 Å². The van der Waals surface area contributed by atoms with Gasteiger partial charge in [0.15, 0.2) is 0 Å². The lowest BCUT2D eigenvalue weighted by atomic mass is 9.82. The molecule has 0 radical (unpaired) electrons. The predicted octanol–water partition coefficient (Wildman–Crippen LogP) is 3.27. The van der Waals surface area contributed by atoms with Crippen LogP contribution in [0.5, 0.6) is 0 Å². The predicted molar refractivity (Wildman–Crippen MR) is 89.7 cm³/mol. The van der Waals surface area contributed by atoms with Gasteiger partial charge >= 0.3 is 5.97 Å². The Hall–Kier alpha value is -2.63. The number of aromatic nitrogens is 1. The SMILES string of the molecule is CCC(CC)(CNC(=O)c1oc(-c2ccccc2)nc1C)C(=O)O. The van der Waals surface area contributed by atoms with E-state index in [1.54, 1.807) is 20.8 Å². The molecule has 2 N–H and O–H groups in total. The van der Waals surface area contributed by atoms with Gasteiger partial charge in [-0.2, -0.15) is 0 Å². The number of carbonyl (C=O) groups is 2. The molecule has 0 saturated heterocycles. The molecule has 6 heteroatoms. The van der Waals surface area contributed by atoms with Gasteiger partial charge in [-0.05, 0) is 31.9 Å². The van der Waals surface area contributed by atoms with Crippen molar-refractivity contribution < 1.29 is 19.1 Å². The molecule has 2 aromatic rings. The van der Waals surface area contributed by atoms with Crippen LogP contribution in [0, 0.1) is 12.3 Å². The van der Waals surface area contributed by atoms with Crippen molar-refractivity contribution in [2.24, 2.45) is 5.41 Å². The summed E-state index contributed by atoms with van der Waals surface area (Å²) >= 11 is 0. The maximum absolute atomic E-state index is 12.4. The molecule has 1 aromatic carbocycles. The van der Waals surface area contributed by atoms with Crippen molar-refractivity contribution in [3.05, 3.63) is 41.8 Å². The first-order valence-electron chi connectivity index (χ1n) is 7.98. The van der Waals surface area contributed by atoms with Gasteiger partial charge in [-0.3, -0.25) is 9.59 Å². The summed E-state index contributed by atoms with van der Waals surface area (Å²) in [4.78, 5) is 28.2. The molecule has 0 atom stereocenters. The zero-order chi connectivity index (χ0) is 17.7. The second-order valence-electron chi connectivity index (χ2n) is 5.77. The number of aliphatic carboxylic acids is 1. The lowest BCUT2D eigenvalue weighted by Gasteiger charge is -2.26. The van der Waals surface area contributed by atoms with Gasteiger partial charge in [-0.15, -0.1) is 0 Å². The minimum atomic E-state index is -0.966. The lowest BCUT2D eigenvalue weighted by molar-refractivity contribution is -0.149. The second-order valence-corrected chi connectivity index (χ2v) is 5.77. The van der Waals surface area contributed by atoms with Crippen LogP contribution in [0.2, 0.25) is 0 Å². The normalized spacial score (nSPS) is 11.3. The standard InChI is InChI=1S/C18H22N2O4/c1-4-18(5-2,17(22)23)11-19-15(21)14-12(3)20-16(24-14)13-9-7-6-8-10-13/h6-10H,4-5,11H2,1-3H3,(H,19,21)(H,22,23). The molecule has 2 rings (SSSR count). The van der Waals surface area contributed by atoms with Gasteiger partial charge in [0.1, 0.15) is 0 Å². The number of benzene rings is 1. The molecule has 0 spiro atoms.